The Morgan fingerprint density at radius 1 is 1.58 bits per heavy atom. The van der Waals surface area contributed by atoms with Crippen molar-refractivity contribution in [1.29, 1.82) is 0 Å². The first kappa shape index (κ1) is 15.9. The molecule has 1 saturated heterocycles. The Morgan fingerprint density at radius 2 is 2.21 bits per heavy atom. The quantitative estimate of drug-likeness (QED) is 0.485. The van der Waals surface area contributed by atoms with Crippen molar-refractivity contribution >= 4 is 6.09 Å². The molecule has 1 rings (SSSR count). The number of carbonyl (C=O) groups excluding carboxylic acids is 1. The second-order valence-electron chi connectivity index (χ2n) is 5.52. The van der Waals surface area contributed by atoms with Crippen LogP contribution in [-0.2, 0) is 14.2 Å². The summed E-state index contributed by atoms with van der Waals surface area (Å²) in [5.74, 6) is 0. The number of hydroxylamine groups is 2. The molecule has 1 aliphatic rings. The van der Waals surface area contributed by atoms with Crippen LogP contribution >= 0.6 is 0 Å². The van der Waals surface area contributed by atoms with Crippen molar-refractivity contribution in [2.75, 3.05) is 6.61 Å². The van der Waals surface area contributed by atoms with Gasteiger partial charge in [-0.1, -0.05) is 6.08 Å². The molecule has 1 fully saturated rings. The number of rotatable bonds is 3. The Labute approximate surface area is 113 Å². The SMILES string of the molecule is C=CC[C@H]1OC[C@@H](N(O)C(=O)OC(C)(C)C)[C@@H](C)O1. The van der Waals surface area contributed by atoms with Gasteiger partial charge in [0.05, 0.1) is 12.7 Å². The molecule has 0 aromatic carbocycles. The standard InChI is InChI=1S/C13H23NO5/c1-6-7-11-17-8-10(9(2)18-11)14(16)12(15)19-13(3,4)5/h6,9-11,16H,1,7-8H2,2-5H3/t9-,10-,11+/m1/s1. The maximum absolute atomic E-state index is 11.7. The molecule has 1 N–H and O–H groups in total. The van der Waals surface area contributed by atoms with Crippen LogP contribution < -0.4 is 0 Å². The molecule has 110 valence electrons. The summed E-state index contributed by atoms with van der Waals surface area (Å²) in [5, 5.41) is 10.4. The molecular weight excluding hydrogens is 250 g/mol. The van der Waals surface area contributed by atoms with Gasteiger partial charge in [-0.25, -0.2) is 4.79 Å². The number of carbonyl (C=O) groups is 1. The number of nitrogens with zero attached hydrogens (tertiary/aromatic N) is 1. The van der Waals surface area contributed by atoms with Gasteiger partial charge in [0.25, 0.3) is 0 Å². The number of hydrogen-bond acceptors (Lipinski definition) is 5. The summed E-state index contributed by atoms with van der Waals surface area (Å²) in [6.45, 7) is 10.8. The number of amides is 1. The molecule has 6 heteroatoms. The van der Waals surface area contributed by atoms with E-state index in [1.807, 2.05) is 0 Å². The summed E-state index contributed by atoms with van der Waals surface area (Å²) < 4.78 is 16.0. The monoisotopic (exact) mass is 273 g/mol. The lowest BCUT2D eigenvalue weighted by molar-refractivity contribution is -0.263. The molecule has 0 spiro atoms. The molecule has 19 heavy (non-hydrogen) atoms. The fourth-order valence-corrected chi connectivity index (χ4v) is 1.68. The zero-order valence-electron chi connectivity index (χ0n) is 12.0. The first-order valence-corrected chi connectivity index (χ1v) is 6.33. The zero-order valence-corrected chi connectivity index (χ0v) is 12.0. The average Bonchev–Trinajstić information content (AvgIpc) is 2.26. The second-order valence-corrected chi connectivity index (χ2v) is 5.52. The highest BCUT2D eigenvalue weighted by Crippen LogP contribution is 2.20. The Morgan fingerprint density at radius 3 is 2.68 bits per heavy atom. The van der Waals surface area contributed by atoms with E-state index in [9.17, 15) is 10.0 Å². The van der Waals surface area contributed by atoms with E-state index in [4.69, 9.17) is 14.2 Å². The van der Waals surface area contributed by atoms with Crippen LogP contribution in [-0.4, -0.2) is 47.0 Å². The van der Waals surface area contributed by atoms with Crippen molar-refractivity contribution in [3.63, 3.8) is 0 Å². The summed E-state index contributed by atoms with van der Waals surface area (Å²) >= 11 is 0. The normalized spacial score (nSPS) is 27.7. The molecule has 0 aliphatic carbocycles. The molecule has 6 nitrogen and oxygen atoms in total. The predicted octanol–water partition coefficient (Wildman–Crippen LogP) is 2.32. The van der Waals surface area contributed by atoms with E-state index in [2.05, 4.69) is 6.58 Å². The Kier molecular flexibility index (Phi) is 5.34. The molecule has 0 radical (unpaired) electrons. The van der Waals surface area contributed by atoms with Gasteiger partial charge in [-0.3, -0.25) is 5.21 Å². The number of ether oxygens (including phenoxy) is 3. The third-order valence-electron chi connectivity index (χ3n) is 2.61. The van der Waals surface area contributed by atoms with Crippen LogP contribution in [0.15, 0.2) is 12.7 Å². The van der Waals surface area contributed by atoms with Gasteiger partial charge in [0, 0.05) is 6.42 Å². The zero-order chi connectivity index (χ0) is 14.6. The van der Waals surface area contributed by atoms with Gasteiger partial charge in [0.15, 0.2) is 6.29 Å². The van der Waals surface area contributed by atoms with E-state index < -0.39 is 17.7 Å². The molecule has 1 aliphatic heterocycles. The highest BCUT2D eigenvalue weighted by molar-refractivity contribution is 5.67. The molecule has 0 aromatic heterocycles. The largest absolute Gasteiger partial charge is 0.442 e. The molecule has 0 bridgehead atoms. The Balaban J connectivity index is 2.56. The maximum Gasteiger partial charge on any atom is 0.434 e. The fraction of sp³-hybridized carbons (Fsp3) is 0.769. The van der Waals surface area contributed by atoms with Crippen LogP contribution in [0.4, 0.5) is 4.79 Å². The van der Waals surface area contributed by atoms with Crippen molar-refractivity contribution in [1.82, 2.24) is 5.06 Å². The van der Waals surface area contributed by atoms with Gasteiger partial charge in [0.1, 0.15) is 11.6 Å². The first-order chi connectivity index (χ1) is 8.74. The second kappa shape index (κ2) is 6.36. The van der Waals surface area contributed by atoms with Crippen LogP contribution in [0.2, 0.25) is 0 Å². The minimum absolute atomic E-state index is 0.190. The minimum atomic E-state index is -0.807. The fourth-order valence-electron chi connectivity index (χ4n) is 1.68. The van der Waals surface area contributed by atoms with Crippen molar-refractivity contribution in [3.8, 4) is 0 Å². The topological polar surface area (TPSA) is 68.2 Å². The summed E-state index contributed by atoms with van der Waals surface area (Å²) in [6.07, 6.45) is 0.725. The lowest BCUT2D eigenvalue weighted by Gasteiger charge is -2.38. The molecular formula is C13H23NO5. The molecule has 1 heterocycles. The van der Waals surface area contributed by atoms with E-state index >= 15 is 0 Å². The summed E-state index contributed by atoms with van der Waals surface area (Å²) in [5.41, 5.74) is -0.664. The third-order valence-corrected chi connectivity index (χ3v) is 2.61. The van der Waals surface area contributed by atoms with E-state index in [-0.39, 0.29) is 19.0 Å². The van der Waals surface area contributed by atoms with E-state index in [0.717, 1.165) is 0 Å². The molecule has 3 atom stereocenters. The molecule has 0 unspecified atom stereocenters. The highest BCUT2D eigenvalue weighted by atomic mass is 16.7. The van der Waals surface area contributed by atoms with Crippen molar-refractivity contribution in [2.45, 2.75) is 58.2 Å². The van der Waals surface area contributed by atoms with Crippen LogP contribution in [0.3, 0.4) is 0 Å². The van der Waals surface area contributed by atoms with Crippen LogP contribution in [0, 0.1) is 0 Å². The summed E-state index contributed by atoms with van der Waals surface area (Å²) in [4.78, 5) is 11.7. The van der Waals surface area contributed by atoms with Crippen LogP contribution in [0.25, 0.3) is 0 Å². The van der Waals surface area contributed by atoms with E-state index in [0.29, 0.717) is 11.5 Å². The highest BCUT2D eigenvalue weighted by Gasteiger charge is 2.36. The van der Waals surface area contributed by atoms with Gasteiger partial charge in [0.2, 0.25) is 0 Å². The summed E-state index contributed by atoms with van der Waals surface area (Å²) in [7, 11) is 0. The van der Waals surface area contributed by atoms with Gasteiger partial charge >= 0.3 is 6.09 Å². The van der Waals surface area contributed by atoms with E-state index in [1.165, 1.54) is 0 Å². The van der Waals surface area contributed by atoms with Crippen molar-refractivity contribution in [3.05, 3.63) is 12.7 Å². The van der Waals surface area contributed by atoms with E-state index in [1.54, 1.807) is 33.8 Å². The third kappa shape index (κ3) is 4.81. The van der Waals surface area contributed by atoms with Gasteiger partial charge < -0.3 is 14.2 Å². The Hall–Kier alpha value is -1.11. The smallest absolute Gasteiger partial charge is 0.434 e. The summed E-state index contributed by atoms with van der Waals surface area (Å²) in [6, 6.07) is -0.587. The van der Waals surface area contributed by atoms with Crippen LogP contribution in [0.1, 0.15) is 34.1 Å². The lowest BCUT2D eigenvalue weighted by atomic mass is 10.1. The molecule has 0 aromatic rings. The van der Waals surface area contributed by atoms with Gasteiger partial charge in [-0.2, -0.15) is 5.06 Å². The van der Waals surface area contributed by atoms with Crippen molar-refractivity contribution < 1.29 is 24.2 Å². The van der Waals surface area contributed by atoms with Crippen LogP contribution in [0.5, 0.6) is 0 Å². The lowest BCUT2D eigenvalue weighted by Crippen LogP contribution is -2.53. The number of hydrogen-bond donors (Lipinski definition) is 1. The minimum Gasteiger partial charge on any atom is -0.442 e. The predicted molar refractivity (Wildman–Crippen MR) is 68.7 cm³/mol. The van der Waals surface area contributed by atoms with Gasteiger partial charge in [-0.15, -0.1) is 6.58 Å². The molecule has 1 amide bonds. The first-order valence-electron chi connectivity index (χ1n) is 6.33. The molecule has 0 saturated carbocycles. The average molecular weight is 273 g/mol. The van der Waals surface area contributed by atoms with Gasteiger partial charge in [-0.05, 0) is 27.7 Å². The van der Waals surface area contributed by atoms with Crippen molar-refractivity contribution in [2.24, 2.45) is 0 Å². The maximum atomic E-state index is 11.7. The Bertz CT molecular complexity index is 325.